The molecule has 2 aromatic rings. The molecule has 6 heteroatoms. The fraction of sp³-hybridized carbons (Fsp3) is 0.318. The van der Waals surface area contributed by atoms with Crippen LogP contribution in [0.2, 0.25) is 0 Å². The van der Waals surface area contributed by atoms with E-state index in [0.29, 0.717) is 23.4 Å². The number of anilines is 1. The Labute approximate surface area is 165 Å². The molecular formula is C22H27N3O3. The molecule has 2 atom stereocenters. The van der Waals surface area contributed by atoms with Gasteiger partial charge in [0.25, 0.3) is 11.8 Å². The van der Waals surface area contributed by atoms with E-state index in [2.05, 4.69) is 16.0 Å². The molecular weight excluding hydrogens is 354 g/mol. The average molecular weight is 381 g/mol. The van der Waals surface area contributed by atoms with Gasteiger partial charge in [-0.15, -0.1) is 0 Å². The fourth-order valence-electron chi connectivity index (χ4n) is 2.74. The van der Waals surface area contributed by atoms with E-state index in [1.807, 2.05) is 26.8 Å². The highest BCUT2D eigenvalue weighted by molar-refractivity contribution is 6.02. The molecule has 3 amide bonds. The molecule has 148 valence electrons. The van der Waals surface area contributed by atoms with Crippen molar-refractivity contribution in [1.29, 1.82) is 0 Å². The third-order valence-corrected chi connectivity index (χ3v) is 4.55. The van der Waals surface area contributed by atoms with E-state index >= 15 is 0 Å². The molecule has 3 N–H and O–H groups in total. The van der Waals surface area contributed by atoms with Crippen molar-refractivity contribution >= 4 is 23.4 Å². The molecule has 0 saturated heterocycles. The van der Waals surface area contributed by atoms with E-state index in [0.717, 1.165) is 6.42 Å². The van der Waals surface area contributed by atoms with Crippen molar-refractivity contribution < 1.29 is 14.4 Å². The SMILES string of the molecule is CCNC(=O)c1cccc(NC(=O)C(NC(=O)c2ccccc2)C(C)CC)c1. The van der Waals surface area contributed by atoms with Crippen molar-refractivity contribution in [2.45, 2.75) is 33.2 Å². The van der Waals surface area contributed by atoms with Gasteiger partial charge in [0.2, 0.25) is 5.91 Å². The third-order valence-electron chi connectivity index (χ3n) is 4.55. The van der Waals surface area contributed by atoms with E-state index in [4.69, 9.17) is 0 Å². The van der Waals surface area contributed by atoms with Crippen LogP contribution < -0.4 is 16.0 Å². The van der Waals surface area contributed by atoms with Crippen LogP contribution in [0.5, 0.6) is 0 Å². The van der Waals surface area contributed by atoms with Crippen molar-refractivity contribution in [3.8, 4) is 0 Å². The lowest BCUT2D eigenvalue weighted by atomic mass is 9.97. The summed E-state index contributed by atoms with van der Waals surface area (Å²) in [7, 11) is 0. The normalized spacial score (nSPS) is 12.5. The Morgan fingerprint density at radius 1 is 0.893 bits per heavy atom. The smallest absolute Gasteiger partial charge is 0.251 e. The summed E-state index contributed by atoms with van der Waals surface area (Å²) in [6.07, 6.45) is 0.728. The van der Waals surface area contributed by atoms with Gasteiger partial charge >= 0.3 is 0 Å². The van der Waals surface area contributed by atoms with Crippen LogP contribution in [0, 0.1) is 5.92 Å². The molecule has 0 bridgehead atoms. The number of rotatable bonds is 8. The Hall–Kier alpha value is -3.15. The second-order valence-electron chi connectivity index (χ2n) is 6.63. The van der Waals surface area contributed by atoms with E-state index < -0.39 is 6.04 Å². The van der Waals surface area contributed by atoms with Crippen LogP contribution in [0.1, 0.15) is 47.9 Å². The zero-order chi connectivity index (χ0) is 20.5. The van der Waals surface area contributed by atoms with Crippen molar-refractivity contribution in [1.82, 2.24) is 10.6 Å². The Morgan fingerprint density at radius 2 is 1.57 bits per heavy atom. The number of carbonyl (C=O) groups is 3. The second-order valence-corrected chi connectivity index (χ2v) is 6.63. The number of amides is 3. The maximum Gasteiger partial charge on any atom is 0.251 e. The summed E-state index contributed by atoms with van der Waals surface area (Å²) in [6, 6.07) is 14.8. The van der Waals surface area contributed by atoms with Crippen LogP contribution in [0.4, 0.5) is 5.69 Å². The molecule has 0 saturated carbocycles. The van der Waals surface area contributed by atoms with Gasteiger partial charge in [-0.1, -0.05) is 44.5 Å². The maximum atomic E-state index is 12.9. The molecule has 0 aliphatic heterocycles. The monoisotopic (exact) mass is 381 g/mol. The van der Waals surface area contributed by atoms with Gasteiger partial charge in [0.05, 0.1) is 0 Å². The highest BCUT2D eigenvalue weighted by Gasteiger charge is 2.26. The molecule has 0 heterocycles. The predicted octanol–water partition coefficient (Wildman–Crippen LogP) is 3.22. The fourth-order valence-corrected chi connectivity index (χ4v) is 2.74. The largest absolute Gasteiger partial charge is 0.352 e. The lowest BCUT2D eigenvalue weighted by Crippen LogP contribution is -2.47. The van der Waals surface area contributed by atoms with Gasteiger partial charge in [-0.3, -0.25) is 14.4 Å². The average Bonchev–Trinajstić information content (AvgIpc) is 2.72. The summed E-state index contributed by atoms with van der Waals surface area (Å²) in [5.41, 5.74) is 1.48. The number of hydrogen-bond donors (Lipinski definition) is 3. The van der Waals surface area contributed by atoms with Crippen LogP contribution in [-0.4, -0.2) is 30.3 Å². The van der Waals surface area contributed by atoms with Crippen LogP contribution in [0.3, 0.4) is 0 Å². The molecule has 6 nitrogen and oxygen atoms in total. The summed E-state index contributed by atoms with van der Waals surface area (Å²) >= 11 is 0. The first-order valence-electron chi connectivity index (χ1n) is 9.51. The summed E-state index contributed by atoms with van der Waals surface area (Å²) in [4.78, 5) is 37.4. The number of carbonyl (C=O) groups excluding carboxylic acids is 3. The summed E-state index contributed by atoms with van der Waals surface area (Å²) in [5.74, 6) is -0.863. The maximum absolute atomic E-state index is 12.9. The Kier molecular flexibility index (Phi) is 7.75. The van der Waals surface area contributed by atoms with Crippen LogP contribution >= 0.6 is 0 Å². The van der Waals surface area contributed by atoms with Crippen LogP contribution in [-0.2, 0) is 4.79 Å². The lowest BCUT2D eigenvalue weighted by molar-refractivity contribution is -0.119. The van der Waals surface area contributed by atoms with Gasteiger partial charge in [-0.2, -0.15) is 0 Å². The Balaban J connectivity index is 2.14. The van der Waals surface area contributed by atoms with Crippen molar-refractivity contribution in [3.05, 3.63) is 65.7 Å². The molecule has 0 radical (unpaired) electrons. The van der Waals surface area contributed by atoms with Gasteiger partial charge in [-0.05, 0) is 43.2 Å². The second kappa shape index (κ2) is 10.3. The first-order chi connectivity index (χ1) is 13.5. The summed E-state index contributed by atoms with van der Waals surface area (Å²) in [6.45, 7) is 6.25. The first-order valence-corrected chi connectivity index (χ1v) is 9.51. The van der Waals surface area contributed by atoms with E-state index in [1.165, 1.54) is 0 Å². The van der Waals surface area contributed by atoms with Crippen molar-refractivity contribution in [2.75, 3.05) is 11.9 Å². The van der Waals surface area contributed by atoms with Gasteiger partial charge in [0.15, 0.2) is 0 Å². The lowest BCUT2D eigenvalue weighted by Gasteiger charge is -2.23. The highest BCUT2D eigenvalue weighted by Crippen LogP contribution is 2.15. The minimum absolute atomic E-state index is 0.0563. The third kappa shape index (κ3) is 5.67. The molecule has 0 fully saturated rings. The molecule has 0 aromatic heterocycles. The summed E-state index contributed by atoms with van der Waals surface area (Å²) < 4.78 is 0. The van der Waals surface area contributed by atoms with E-state index in [-0.39, 0.29) is 23.6 Å². The van der Waals surface area contributed by atoms with E-state index in [1.54, 1.807) is 48.5 Å². The molecule has 2 aromatic carbocycles. The zero-order valence-corrected chi connectivity index (χ0v) is 16.5. The molecule has 2 rings (SSSR count). The molecule has 28 heavy (non-hydrogen) atoms. The summed E-state index contributed by atoms with van der Waals surface area (Å²) in [5, 5.41) is 8.38. The predicted molar refractivity (Wildman–Crippen MR) is 110 cm³/mol. The molecule has 2 unspecified atom stereocenters. The minimum Gasteiger partial charge on any atom is -0.352 e. The van der Waals surface area contributed by atoms with Gasteiger partial charge in [-0.25, -0.2) is 0 Å². The first kappa shape index (κ1) is 21.2. The highest BCUT2D eigenvalue weighted by atomic mass is 16.2. The van der Waals surface area contributed by atoms with Gasteiger partial charge in [0.1, 0.15) is 6.04 Å². The minimum atomic E-state index is -0.689. The van der Waals surface area contributed by atoms with Gasteiger partial charge in [0, 0.05) is 23.4 Å². The Bertz CT molecular complexity index is 821. The Morgan fingerprint density at radius 3 is 2.21 bits per heavy atom. The quantitative estimate of drug-likeness (QED) is 0.656. The topological polar surface area (TPSA) is 87.3 Å². The van der Waals surface area contributed by atoms with Crippen molar-refractivity contribution in [3.63, 3.8) is 0 Å². The number of hydrogen-bond acceptors (Lipinski definition) is 3. The number of nitrogens with one attached hydrogen (secondary N) is 3. The van der Waals surface area contributed by atoms with Gasteiger partial charge < -0.3 is 16.0 Å². The standard InChI is InChI=1S/C22H27N3O3/c1-4-15(3)19(25-21(27)16-10-7-6-8-11-16)22(28)24-18-13-9-12-17(14-18)20(26)23-5-2/h6-15,19H,4-5H2,1-3H3,(H,23,26)(H,24,28)(H,25,27). The molecule has 0 aliphatic rings. The number of benzene rings is 2. The molecule has 0 spiro atoms. The zero-order valence-electron chi connectivity index (χ0n) is 16.5. The van der Waals surface area contributed by atoms with E-state index in [9.17, 15) is 14.4 Å². The van der Waals surface area contributed by atoms with Crippen molar-refractivity contribution in [2.24, 2.45) is 5.92 Å². The van der Waals surface area contributed by atoms with Crippen LogP contribution in [0.15, 0.2) is 54.6 Å². The molecule has 0 aliphatic carbocycles. The van der Waals surface area contributed by atoms with Crippen LogP contribution in [0.25, 0.3) is 0 Å².